The first-order valence-electron chi connectivity index (χ1n) is 8.96. The van der Waals surface area contributed by atoms with Gasteiger partial charge in [0.2, 0.25) is 11.8 Å². The number of hydrogen-bond acceptors (Lipinski definition) is 7. The smallest absolute Gasteiger partial charge is 0.326 e. The fourth-order valence-corrected chi connectivity index (χ4v) is 2.46. The van der Waals surface area contributed by atoms with Gasteiger partial charge in [-0.25, -0.2) is 4.79 Å². The molecule has 0 aliphatic rings. The van der Waals surface area contributed by atoms with Gasteiger partial charge < -0.3 is 37.4 Å². The average molecular weight is 396 g/mol. The number of aliphatic hydroxyl groups is 1. The molecule has 0 aliphatic heterocycles. The van der Waals surface area contributed by atoms with E-state index >= 15 is 0 Å². The predicted molar refractivity (Wildman–Crippen MR) is 101 cm³/mol. The number of aliphatic carboxylic acids is 1. The number of carbonyl (C=O) groups excluding carboxylic acids is 2. The predicted octanol–water partition coefficient (Wildman–Crippen LogP) is -1.56. The zero-order valence-corrected chi connectivity index (χ0v) is 15.5. The summed E-state index contributed by atoms with van der Waals surface area (Å²) >= 11 is 0. The Bertz CT molecular complexity index is 652. The number of benzene rings is 1. The van der Waals surface area contributed by atoms with Crippen molar-refractivity contribution in [1.82, 2.24) is 10.6 Å². The van der Waals surface area contributed by atoms with E-state index in [1.807, 2.05) is 0 Å². The summed E-state index contributed by atoms with van der Waals surface area (Å²) < 4.78 is 0. The number of amides is 2. The van der Waals surface area contributed by atoms with E-state index in [0.717, 1.165) is 0 Å². The average Bonchev–Trinajstić information content (AvgIpc) is 2.67. The first-order valence-corrected chi connectivity index (χ1v) is 8.96. The van der Waals surface area contributed by atoms with E-state index in [0.29, 0.717) is 24.9 Å². The maximum Gasteiger partial charge on any atom is 0.326 e. The molecule has 0 radical (unpaired) electrons. The van der Waals surface area contributed by atoms with Crippen LogP contribution in [0.15, 0.2) is 24.3 Å². The molecule has 3 atom stereocenters. The molecular formula is C18H28N4O6. The standard InChI is InChI=1S/C18H28N4O6/c19-8-2-1-3-14(18(27)28)21-17(26)15(22-16(25)13(20)10-23)9-11-4-6-12(24)7-5-11/h4-7,13-15,23-24H,1-3,8-10,19-20H2,(H,21,26)(H,22,25)(H,27,28)/t13-,14-,15+/m1/s1. The summed E-state index contributed by atoms with van der Waals surface area (Å²) in [6.07, 6.45) is 1.40. The van der Waals surface area contributed by atoms with E-state index < -0.39 is 42.5 Å². The van der Waals surface area contributed by atoms with Gasteiger partial charge in [-0.3, -0.25) is 9.59 Å². The van der Waals surface area contributed by atoms with Gasteiger partial charge >= 0.3 is 5.97 Å². The van der Waals surface area contributed by atoms with Gasteiger partial charge in [-0.2, -0.15) is 0 Å². The third-order valence-electron chi connectivity index (χ3n) is 4.10. The Kier molecular flexibility index (Phi) is 9.93. The molecule has 1 rings (SSSR count). The lowest BCUT2D eigenvalue weighted by atomic mass is 10.0. The molecule has 1 aromatic rings. The van der Waals surface area contributed by atoms with Crippen LogP contribution in [0.2, 0.25) is 0 Å². The summed E-state index contributed by atoms with van der Waals surface area (Å²) in [6, 6.07) is 2.57. The molecule has 156 valence electrons. The number of carboxylic acids is 1. The van der Waals surface area contributed by atoms with Crippen molar-refractivity contribution in [2.45, 2.75) is 43.8 Å². The van der Waals surface area contributed by atoms with Crippen LogP contribution >= 0.6 is 0 Å². The SMILES string of the molecule is NCCCC[C@@H](NC(=O)[C@H](Cc1ccc(O)cc1)NC(=O)[C@H](N)CO)C(=O)O. The number of phenols is 1. The van der Waals surface area contributed by atoms with E-state index in [1.165, 1.54) is 12.1 Å². The minimum atomic E-state index is -1.21. The molecule has 10 nitrogen and oxygen atoms in total. The molecule has 0 aromatic heterocycles. The van der Waals surface area contributed by atoms with Gasteiger partial charge in [-0.15, -0.1) is 0 Å². The number of carboxylic acid groups (broad SMARTS) is 1. The van der Waals surface area contributed by atoms with Crippen molar-refractivity contribution in [3.8, 4) is 5.75 Å². The molecule has 0 fully saturated rings. The Balaban J connectivity index is 2.90. The molecule has 0 aliphatic carbocycles. The molecular weight excluding hydrogens is 368 g/mol. The van der Waals surface area contributed by atoms with Gasteiger partial charge in [0.1, 0.15) is 23.9 Å². The maximum atomic E-state index is 12.6. The van der Waals surface area contributed by atoms with Gasteiger partial charge in [0.25, 0.3) is 0 Å². The topological polar surface area (TPSA) is 188 Å². The zero-order chi connectivity index (χ0) is 21.1. The summed E-state index contributed by atoms with van der Waals surface area (Å²) in [7, 11) is 0. The quantitative estimate of drug-likeness (QED) is 0.206. The van der Waals surface area contributed by atoms with Gasteiger partial charge in [0, 0.05) is 6.42 Å². The minimum Gasteiger partial charge on any atom is -0.508 e. The van der Waals surface area contributed by atoms with Crippen molar-refractivity contribution in [3.63, 3.8) is 0 Å². The van der Waals surface area contributed by atoms with Gasteiger partial charge in [-0.1, -0.05) is 12.1 Å². The van der Waals surface area contributed by atoms with E-state index in [9.17, 15) is 24.6 Å². The maximum absolute atomic E-state index is 12.6. The Morgan fingerprint density at radius 3 is 2.14 bits per heavy atom. The van der Waals surface area contributed by atoms with Crippen molar-refractivity contribution < 1.29 is 29.7 Å². The Hall–Kier alpha value is -2.69. The van der Waals surface area contributed by atoms with Gasteiger partial charge in [0.05, 0.1) is 6.61 Å². The van der Waals surface area contributed by atoms with Crippen LogP contribution in [0.5, 0.6) is 5.75 Å². The second-order valence-electron chi connectivity index (χ2n) is 6.40. The van der Waals surface area contributed by atoms with E-state index in [4.69, 9.17) is 16.6 Å². The van der Waals surface area contributed by atoms with Crippen LogP contribution in [-0.4, -0.2) is 64.4 Å². The number of carbonyl (C=O) groups is 3. The number of rotatable bonds is 12. The summed E-state index contributed by atoms with van der Waals surface area (Å²) in [6.45, 7) is -0.185. The highest BCUT2D eigenvalue weighted by atomic mass is 16.4. The molecule has 0 spiro atoms. The molecule has 9 N–H and O–H groups in total. The first-order chi connectivity index (χ1) is 13.3. The van der Waals surface area contributed by atoms with Crippen molar-refractivity contribution in [1.29, 1.82) is 0 Å². The van der Waals surface area contributed by atoms with Crippen LogP contribution in [0.4, 0.5) is 0 Å². The number of unbranched alkanes of at least 4 members (excludes halogenated alkanes) is 1. The van der Waals surface area contributed by atoms with E-state index in [2.05, 4.69) is 10.6 Å². The molecule has 10 heteroatoms. The van der Waals surface area contributed by atoms with Crippen LogP contribution in [0.1, 0.15) is 24.8 Å². The lowest BCUT2D eigenvalue weighted by Crippen LogP contribution is -2.55. The second-order valence-corrected chi connectivity index (χ2v) is 6.40. The zero-order valence-electron chi connectivity index (χ0n) is 15.5. The number of nitrogens with two attached hydrogens (primary N) is 2. The Morgan fingerprint density at radius 1 is 1.00 bits per heavy atom. The van der Waals surface area contributed by atoms with Crippen molar-refractivity contribution in [2.75, 3.05) is 13.2 Å². The van der Waals surface area contributed by atoms with Crippen molar-refractivity contribution in [2.24, 2.45) is 11.5 Å². The summed E-state index contributed by atoms with van der Waals surface area (Å²) in [5.41, 5.74) is 11.5. The van der Waals surface area contributed by atoms with Crippen molar-refractivity contribution >= 4 is 17.8 Å². The van der Waals surface area contributed by atoms with Crippen molar-refractivity contribution in [3.05, 3.63) is 29.8 Å². The number of aromatic hydroxyl groups is 1. The summed E-state index contributed by atoms with van der Waals surface area (Å²) in [5.74, 6) is -2.57. The molecule has 0 unspecified atom stereocenters. The molecule has 0 saturated carbocycles. The lowest BCUT2D eigenvalue weighted by molar-refractivity contribution is -0.142. The molecule has 2 amide bonds. The normalized spacial score (nSPS) is 14.0. The van der Waals surface area contributed by atoms with E-state index in [-0.39, 0.29) is 18.6 Å². The number of aliphatic hydroxyl groups excluding tert-OH is 1. The monoisotopic (exact) mass is 396 g/mol. The molecule has 1 aromatic carbocycles. The first kappa shape index (κ1) is 23.3. The Morgan fingerprint density at radius 2 is 1.61 bits per heavy atom. The fourth-order valence-electron chi connectivity index (χ4n) is 2.46. The van der Waals surface area contributed by atoms with Crippen LogP contribution < -0.4 is 22.1 Å². The van der Waals surface area contributed by atoms with Crippen LogP contribution in [0.3, 0.4) is 0 Å². The Labute approximate surface area is 162 Å². The number of hydrogen-bond donors (Lipinski definition) is 7. The molecule has 0 bridgehead atoms. The van der Waals surface area contributed by atoms with Gasteiger partial charge in [0.15, 0.2) is 0 Å². The van der Waals surface area contributed by atoms with Crippen LogP contribution in [0.25, 0.3) is 0 Å². The lowest BCUT2D eigenvalue weighted by Gasteiger charge is -2.22. The molecule has 0 saturated heterocycles. The van der Waals surface area contributed by atoms with Crippen LogP contribution in [0, 0.1) is 0 Å². The second kappa shape index (κ2) is 11.9. The largest absolute Gasteiger partial charge is 0.508 e. The highest BCUT2D eigenvalue weighted by Crippen LogP contribution is 2.12. The minimum absolute atomic E-state index is 0.0435. The number of phenolic OH excluding ortho intramolecular Hbond substituents is 1. The highest BCUT2D eigenvalue weighted by molar-refractivity contribution is 5.92. The summed E-state index contributed by atoms with van der Waals surface area (Å²) in [4.78, 5) is 36.1. The number of nitrogens with one attached hydrogen (secondary N) is 2. The summed E-state index contributed by atoms with van der Waals surface area (Å²) in [5, 5.41) is 32.5. The third-order valence-corrected chi connectivity index (χ3v) is 4.10. The third kappa shape index (κ3) is 7.91. The van der Waals surface area contributed by atoms with E-state index in [1.54, 1.807) is 12.1 Å². The molecule has 28 heavy (non-hydrogen) atoms. The van der Waals surface area contributed by atoms with Crippen LogP contribution in [-0.2, 0) is 20.8 Å². The van der Waals surface area contributed by atoms with Gasteiger partial charge in [-0.05, 0) is 43.5 Å². The fraction of sp³-hybridized carbons (Fsp3) is 0.500. The molecule has 0 heterocycles. The highest BCUT2D eigenvalue weighted by Gasteiger charge is 2.27.